The number of hydrogen-bond donors (Lipinski definition) is 1. The molecule has 0 bridgehead atoms. The van der Waals surface area contributed by atoms with Crippen molar-refractivity contribution in [2.24, 2.45) is 0 Å². The molecule has 12 heteroatoms. The van der Waals surface area contributed by atoms with Gasteiger partial charge < -0.3 is 10.2 Å². The van der Waals surface area contributed by atoms with Gasteiger partial charge >= 0.3 is 0 Å². The fraction of sp³-hybridized carbons (Fsp3) is 0.333. The SMILES string of the molecule is CS(=O)(=O)N(CC(=O)N(Cc1ccc(Cl)c(Cl)c1)[C@@H](Cc1ccccc1)C(=O)NC1CCCC1)c1ccc(Cl)c(Cl)c1. The highest BCUT2D eigenvalue weighted by atomic mass is 35.5. The van der Waals surface area contributed by atoms with Crippen molar-refractivity contribution in [2.45, 2.75) is 50.7 Å². The third kappa shape index (κ3) is 8.54. The number of amides is 2. The lowest BCUT2D eigenvalue weighted by Crippen LogP contribution is -2.54. The molecule has 0 radical (unpaired) electrons. The predicted octanol–water partition coefficient (Wildman–Crippen LogP) is 6.77. The molecule has 1 N–H and O–H groups in total. The van der Waals surface area contributed by atoms with Crippen LogP contribution in [-0.4, -0.2) is 50.0 Å². The molecule has 1 aliphatic carbocycles. The van der Waals surface area contributed by atoms with Gasteiger partial charge in [-0.1, -0.05) is 95.6 Å². The van der Waals surface area contributed by atoms with Crippen LogP contribution in [0.15, 0.2) is 66.7 Å². The largest absolute Gasteiger partial charge is 0.352 e. The van der Waals surface area contributed by atoms with E-state index in [1.165, 1.54) is 23.1 Å². The summed E-state index contributed by atoms with van der Waals surface area (Å²) >= 11 is 24.7. The molecular weight excluding hydrogens is 640 g/mol. The van der Waals surface area contributed by atoms with E-state index in [-0.39, 0.29) is 40.6 Å². The van der Waals surface area contributed by atoms with Gasteiger partial charge in [-0.25, -0.2) is 8.42 Å². The number of nitrogens with zero attached hydrogens (tertiary/aromatic N) is 2. The van der Waals surface area contributed by atoms with Gasteiger partial charge in [-0.3, -0.25) is 13.9 Å². The van der Waals surface area contributed by atoms with E-state index in [0.717, 1.165) is 41.8 Å². The van der Waals surface area contributed by atoms with E-state index in [0.29, 0.717) is 15.6 Å². The van der Waals surface area contributed by atoms with Crippen molar-refractivity contribution in [3.05, 3.63) is 97.9 Å². The van der Waals surface area contributed by atoms with Crippen molar-refractivity contribution >= 4 is 73.9 Å². The molecule has 2 amide bonds. The lowest BCUT2D eigenvalue weighted by molar-refractivity contribution is -0.140. The van der Waals surface area contributed by atoms with Crippen molar-refractivity contribution in [3.63, 3.8) is 0 Å². The molecule has 0 spiro atoms. The standard InChI is InChI=1S/C30H31Cl4N3O4S/c1-42(40,41)37(23-12-14-25(32)27(34)17-23)19-29(38)36(18-21-11-13-24(31)26(33)15-21)28(16-20-7-3-2-4-8-20)30(39)35-22-9-5-6-10-22/h2-4,7-8,11-15,17,22,28H,5-6,9-10,16,18-19H2,1H3,(H,35,39)/t28-/m0/s1. The highest BCUT2D eigenvalue weighted by Crippen LogP contribution is 2.29. The number of anilines is 1. The highest BCUT2D eigenvalue weighted by Gasteiger charge is 2.34. The molecule has 3 aromatic carbocycles. The highest BCUT2D eigenvalue weighted by molar-refractivity contribution is 7.92. The summed E-state index contributed by atoms with van der Waals surface area (Å²) in [5, 5.41) is 4.15. The normalized spacial score (nSPS) is 14.4. The molecule has 4 rings (SSSR count). The number of rotatable bonds is 11. The van der Waals surface area contributed by atoms with Gasteiger partial charge in [0.25, 0.3) is 0 Å². The summed E-state index contributed by atoms with van der Waals surface area (Å²) in [5.41, 5.74) is 1.65. The van der Waals surface area contributed by atoms with E-state index >= 15 is 0 Å². The van der Waals surface area contributed by atoms with Gasteiger partial charge in [-0.15, -0.1) is 0 Å². The van der Waals surface area contributed by atoms with E-state index in [1.807, 2.05) is 30.3 Å². The lowest BCUT2D eigenvalue weighted by Gasteiger charge is -2.34. The van der Waals surface area contributed by atoms with Gasteiger partial charge in [-0.2, -0.15) is 0 Å². The first-order valence-electron chi connectivity index (χ1n) is 13.4. The van der Waals surface area contributed by atoms with Gasteiger partial charge in [0.2, 0.25) is 21.8 Å². The van der Waals surface area contributed by atoms with Crippen molar-refractivity contribution in [1.82, 2.24) is 10.2 Å². The van der Waals surface area contributed by atoms with Crippen LogP contribution in [0.25, 0.3) is 0 Å². The second-order valence-corrected chi connectivity index (χ2v) is 13.9. The zero-order valence-electron chi connectivity index (χ0n) is 22.9. The van der Waals surface area contributed by atoms with Gasteiger partial charge in [0.15, 0.2) is 0 Å². The number of hydrogen-bond acceptors (Lipinski definition) is 4. The minimum absolute atomic E-state index is 0.00964. The van der Waals surface area contributed by atoms with Crippen LogP contribution in [0.2, 0.25) is 20.1 Å². The zero-order valence-corrected chi connectivity index (χ0v) is 26.7. The molecule has 1 fully saturated rings. The first-order valence-corrected chi connectivity index (χ1v) is 16.8. The summed E-state index contributed by atoms with van der Waals surface area (Å²) in [5.74, 6) is -0.889. The van der Waals surface area contributed by atoms with Crippen LogP contribution >= 0.6 is 46.4 Å². The number of sulfonamides is 1. The summed E-state index contributed by atoms with van der Waals surface area (Å²) in [4.78, 5) is 29.5. The van der Waals surface area contributed by atoms with E-state index in [9.17, 15) is 18.0 Å². The maximum Gasteiger partial charge on any atom is 0.244 e. The number of benzene rings is 3. The third-order valence-electron chi connectivity index (χ3n) is 7.18. The van der Waals surface area contributed by atoms with E-state index in [4.69, 9.17) is 46.4 Å². The van der Waals surface area contributed by atoms with Crippen LogP contribution in [0.3, 0.4) is 0 Å². The van der Waals surface area contributed by atoms with E-state index in [2.05, 4.69) is 5.32 Å². The van der Waals surface area contributed by atoms with Crippen molar-refractivity contribution in [1.29, 1.82) is 0 Å². The summed E-state index contributed by atoms with van der Waals surface area (Å²) in [6.07, 6.45) is 4.99. The molecule has 1 aliphatic rings. The fourth-order valence-corrected chi connectivity index (χ4v) is 6.46. The monoisotopic (exact) mass is 669 g/mol. The molecule has 0 heterocycles. The van der Waals surface area contributed by atoms with Crippen LogP contribution in [0, 0.1) is 0 Å². The van der Waals surface area contributed by atoms with Gasteiger partial charge in [-0.05, 0) is 54.3 Å². The Morgan fingerprint density at radius 2 is 1.48 bits per heavy atom. The van der Waals surface area contributed by atoms with Gasteiger partial charge in [0.1, 0.15) is 12.6 Å². The predicted molar refractivity (Wildman–Crippen MR) is 170 cm³/mol. The molecular formula is C30H31Cl4N3O4S. The quantitative estimate of drug-likeness (QED) is 0.244. The second kappa shape index (κ2) is 14.3. The number of halogens is 4. The number of carbonyl (C=O) groups excluding carboxylic acids is 2. The maximum absolute atomic E-state index is 14.2. The summed E-state index contributed by atoms with van der Waals surface area (Å²) in [7, 11) is -3.94. The summed E-state index contributed by atoms with van der Waals surface area (Å²) in [6, 6.07) is 17.7. The van der Waals surface area contributed by atoms with Crippen LogP contribution < -0.4 is 9.62 Å². The molecule has 224 valence electrons. The van der Waals surface area contributed by atoms with Crippen molar-refractivity contribution in [2.75, 3.05) is 17.1 Å². The first kappa shape index (κ1) is 32.4. The molecule has 1 saturated carbocycles. The lowest BCUT2D eigenvalue weighted by atomic mass is 10.0. The molecule has 0 aliphatic heterocycles. The Morgan fingerprint density at radius 3 is 2.07 bits per heavy atom. The zero-order chi connectivity index (χ0) is 30.4. The average molecular weight is 671 g/mol. The Balaban J connectivity index is 1.74. The number of nitrogens with one attached hydrogen (secondary N) is 1. The topological polar surface area (TPSA) is 86.8 Å². The molecule has 1 atom stereocenters. The van der Waals surface area contributed by atoms with Crippen molar-refractivity contribution in [3.8, 4) is 0 Å². The van der Waals surface area contributed by atoms with Gasteiger partial charge in [0.05, 0.1) is 32.0 Å². The Hall–Kier alpha value is -2.49. The number of carbonyl (C=O) groups is 2. The Kier molecular flexibility index (Phi) is 11.1. The minimum Gasteiger partial charge on any atom is -0.352 e. The maximum atomic E-state index is 14.2. The molecule has 3 aromatic rings. The van der Waals surface area contributed by atoms with E-state index in [1.54, 1.807) is 18.2 Å². The van der Waals surface area contributed by atoms with Crippen LogP contribution in [0.1, 0.15) is 36.8 Å². The summed E-state index contributed by atoms with van der Waals surface area (Å²) < 4.78 is 26.8. The summed E-state index contributed by atoms with van der Waals surface area (Å²) in [6.45, 7) is -0.579. The average Bonchev–Trinajstić information content (AvgIpc) is 3.45. The Morgan fingerprint density at radius 1 is 0.857 bits per heavy atom. The van der Waals surface area contributed by atoms with Crippen LogP contribution in [0.4, 0.5) is 5.69 Å². The minimum atomic E-state index is -3.94. The second-order valence-electron chi connectivity index (χ2n) is 10.3. The molecule has 0 saturated heterocycles. The van der Waals surface area contributed by atoms with Crippen LogP contribution in [0.5, 0.6) is 0 Å². The first-order chi connectivity index (χ1) is 19.9. The molecule has 0 aromatic heterocycles. The van der Waals surface area contributed by atoms with E-state index < -0.39 is 28.5 Å². The Labute approximate surface area is 266 Å². The molecule has 0 unspecified atom stereocenters. The third-order valence-corrected chi connectivity index (χ3v) is 9.80. The fourth-order valence-electron chi connectivity index (χ4n) is 5.01. The molecule has 7 nitrogen and oxygen atoms in total. The smallest absolute Gasteiger partial charge is 0.244 e. The van der Waals surface area contributed by atoms with Crippen LogP contribution in [-0.2, 0) is 32.6 Å². The van der Waals surface area contributed by atoms with Gasteiger partial charge in [0, 0.05) is 19.0 Å². The molecule has 42 heavy (non-hydrogen) atoms. The Bertz CT molecular complexity index is 1530. The van der Waals surface area contributed by atoms with Crippen molar-refractivity contribution < 1.29 is 18.0 Å².